The lowest BCUT2D eigenvalue weighted by molar-refractivity contribution is 0.349. The van der Waals surface area contributed by atoms with Crippen molar-refractivity contribution in [1.29, 1.82) is 0 Å². The van der Waals surface area contributed by atoms with E-state index in [1.807, 2.05) is 0 Å². The Labute approximate surface area is 110 Å². The topological polar surface area (TPSA) is 15.3 Å². The first kappa shape index (κ1) is 12.0. The third-order valence-corrected chi connectivity index (χ3v) is 4.08. The highest BCUT2D eigenvalue weighted by Gasteiger charge is 2.30. The van der Waals surface area contributed by atoms with Crippen molar-refractivity contribution >= 4 is 5.69 Å². The van der Waals surface area contributed by atoms with Gasteiger partial charge in [-0.25, -0.2) is 0 Å². The number of benzene rings is 1. The minimum absolute atomic E-state index is 0.682. The molecule has 0 amide bonds. The fourth-order valence-corrected chi connectivity index (χ4v) is 3.09. The van der Waals surface area contributed by atoms with E-state index in [-0.39, 0.29) is 0 Å². The lowest BCUT2D eigenvalue weighted by atomic mass is 9.95. The van der Waals surface area contributed by atoms with Crippen molar-refractivity contribution in [3.8, 4) is 0 Å². The molecule has 0 aromatic heterocycles. The standard InChI is InChI=1S/C16H24N2/c1-12-4-3-5-16(9-12)18-10-13(2)8-15(11-18)17-14-6-7-14/h3-5,9,13-15,17H,6-8,10-11H2,1-2H3. The van der Waals surface area contributed by atoms with Crippen LogP contribution in [0.3, 0.4) is 0 Å². The van der Waals surface area contributed by atoms with Gasteiger partial charge in [0.05, 0.1) is 0 Å². The normalized spacial score (nSPS) is 28.4. The summed E-state index contributed by atoms with van der Waals surface area (Å²) in [5, 5.41) is 3.80. The molecule has 3 rings (SSSR count). The van der Waals surface area contributed by atoms with Crippen LogP contribution < -0.4 is 10.2 Å². The molecule has 2 unspecified atom stereocenters. The summed E-state index contributed by atoms with van der Waals surface area (Å²) >= 11 is 0. The fraction of sp³-hybridized carbons (Fsp3) is 0.625. The van der Waals surface area contributed by atoms with E-state index in [0.29, 0.717) is 6.04 Å². The molecule has 1 saturated heterocycles. The predicted octanol–water partition coefficient (Wildman–Crippen LogP) is 2.96. The molecule has 1 aliphatic heterocycles. The van der Waals surface area contributed by atoms with Gasteiger partial charge in [0.25, 0.3) is 0 Å². The maximum Gasteiger partial charge on any atom is 0.0369 e. The summed E-state index contributed by atoms with van der Waals surface area (Å²) in [6, 6.07) is 10.4. The molecule has 2 fully saturated rings. The summed E-state index contributed by atoms with van der Waals surface area (Å²) in [7, 11) is 0. The zero-order valence-corrected chi connectivity index (χ0v) is 11.5. The summed E-state index contributed by atoms with van der Waals surface area (Å²) in [5.74, 6) is 0.788. The highest BCUT2D eigenvalue weighted by atomic mass is 15.2. The van der Waals surface area contributed by atoms with Crippen molar-refractivity contribution in [3.63, 3.8) is 0 Å². The molecule has 1 aliphatic carbocycles. The molecule has 0 spiro atoms. The van der Waals surface area contributed by atoms with Crippen molar-refractivity contribution < 1.29 is 0 Å². The Kier molecular flexibility index (Phi) is 3.29. The molecule has 0 radical (unpaired) electrons. The number of aryl methyl sites for hydroxylation is 1. The van der Waals surface area contributed by atoms with E-state index in [0.717, 1.165) is 12.0 Å². The lowest BCUT2D eigenvalue weighted by Crippen LogP contribution is -2.49. The second kappa shape index (κ2) is 4.93. The number of hydrogen-bond acceptors (Lipinski definition) is 2. The zero-order valence-electron chi connectivity index (χ0n) is 11.5. The van der Waals surface area contributed by atoms with Gasteiger partial charge in [-0.1, -0.05) is 19.1 Å². The van der Waals surface area contributed by atoms with Crippen molar-refractivity contribution in [2.45, 2.75) is 45.2 Å². The quantitative estimate of drug-likeness (QED) is 0.879. The van der Waals surface area contributed by atoms with E-state index in [2.05, 4.69) is 48.3 Å². The smallest absolute Gasteiger partial charge is 0.0369 e. The number of hydrogen-bond donors (Lipinski definition) is 1. The van der Waals surface area contributed by atoms with Gasteiger partial charge in [-0.15, -0.1) is 0 Å². The Morgan fingerprint density at radius 2 is 2.00 bits per heavy atom. The van der Waals surface area contributed by atoms with Gasteiger partial charge in [-0.3, -0.25) is 0 Å². The molecule has 2 aliphatic rings. The van der Waals surface area contributed by atoms with Gasteiger partial charge in [0.1, 0.15) is 0 Å². The van der Waals surface area contributed by atoms with Crippen LogP contribution in [0.4, 0.5) is 5.69 Å². The Morgan fingerprint density at radius 3 is 2.72 bits per heavy atom. The highest BCUT2D eigenvalue weighted by molar-refractivity contribution is 5.49. The minimum Gasteiger partial charge on any atom is -0.370 e. The molecule has 2 nitrogen and oxygen atoms in total. The Hall–Kier alpha value is -1.02. The van der Waals surface area contributed by atoms with Crippen LogP contribution in [-0.4, -0.2) is 25.2 Å². The molecule has 0 bridgehead atoms. The molecule has 1 aromatic carbocycles. The number of anilines is 1. The Morgan fingerprint density at radius 1 is 1.17 bits per heavy atom. The first-order chi connectivity index (χ1) is 8.70. The SMILES string of the molecule is Cc1cccc(N2CC(C)CC(NC3CC3)C2)c1. The molecular formula is C16H24N2. The van der Waals surface area contributed by atoms with Crippen LogP contribution in [-0.2, 0) is 0 Å². The summed E-state index contributed by atoms with van der Waals surface area (Å²) in [4.78, 5) is 2.56. The Bertz CT molecular complexity index is 409. The highest BCUT2D eigenvalue weighted by Crippen LogP contribution is 2.26. The van der Waals surface area contributed by atoms with E-state index in [9.17, 15) is 0 Å². The molecule has 1 aromatic rings. The third kappa shape index (κ3) is 2.86. The molecule has 18 heavy (non-hydrogen) atoms. The second-order valence-corrected chi connectivity index (χ2v) is 6.22. The van der Waals surface area contributed by atoms with Crippen LogP contribution in [0, 0.1) is 12.8 Å². The van der Waals surface area contributed by atoms with Gasteiger partial charge in [0.15, 0.2) is 0 Å². The average molecular weight is 244 g/mol. The van der Waals surface area contributed by atoms with Crippen LogP contribution in [0.25, 0.3) is 0 Å². The van der Waals surface area contributed by atoms with E-state index in [1.54, 1.807) is 0 Å². The van der Waals surface area contributed by atoms with Crippen molar-refractivity contribution in [2.24, 2.45) is 5.92 Å². The van der Waals surface area contributed by atoms with Gasteiger partial charge in [0.2, 0.25) is 0 Å². The third-order valence-electron chi connectivity index (χ3n) is 4.08. The van der Waals surface area contributed by atoms with Crippen LogP contribution >= 0.6 is 0 Å². The average Bonchev–Trinajstić information content (AvgIpc) is 3.12. The monoisotopic (exact) mass is 244 g/mol. The van der Waals surface area contributed by atoms with Gasteiger partial charge in [-0.05, 0) is 49.8 Å². The van der Waals surface area contributed by atoms with Gasteiger partial charge in [-0.2, -0.15) is 0 Å². The molecule has 2 heteroatoms. The van der Waals surface area contributed by atoms with Crippen LogP contribution in [0.5, 0.6) is 0 Å². The maximum absolute atomic E-state index is 3.80. The largest absolute Gasteiger partial charge is 0.370 e. The van der Waals surface area contributed by atoms with Crippen LogP contribution in [0.2, 0.25) is 0 Å². The number of piperidine rings is 1. The summed E-state index contributed by atoms with van der Waals surface area (Å²) in [6.07, 6.45) is 4.10. The van der Waals surface area contributed by atoms with E-state index >= 15 is 0 Å². The first-order valence-electron chi connectivity index (χ1n) is 7.28. The fourth-order valence-electron chi connectivity index (χ4n) is 3.09. The van der Waals surface area contributed by atoms with Gasteiger partial charge < -0.3 is 10.2 Å². The first-order valence-corrected chi connectivity index (χ1v) is 7.28. The second-order valence-electron chi connectivity index (χ2n) is 6.22. The van der Waals surface area contributed by atoms with E-state index < -0.39 is 0 Å². The molecule has 98 valence electrons. The molecular weight excluding hydrogens is 220 g/mol. The van der Waals surface area contributed by atoms with E-state index in [1.165, 1.54) is 43.6 Å². The van der Waals surface area contributed by atoms with Crippen LogP contribution in [0.15, 0.2) is 24.3 Å². The van der Waals surface area contributed by atoms with E-state index in [4.69, 9.17) is 0 Å². The summed E-state index contributed by atoms with van der Waals surface area (Å²) < 4.78 is 0. The summed E-state index contributed by atoms with van der Waals surface area (Å²) in [5.41, 5.74) is 2.75. The maximum atomic E-state index is 3.80. The number of nitrogens with one attached hydrogen (secondary N) is 1. The Balaban J connectivity index is 1.70. The number of rotatable bonds is 3. The van der Waals surface area contributed by atoms with Crippen molar-refractivity contribution in [2.75, 3.05) is 18.0 Å². The lowest BCUT2D eigenvalue weighted by Gasteiger charge is -2.38. The van der Waals surface area contributed by atoms with Gasteiger partial charge >= 0.3 is 0 Å². The predicted molar refractivity (Wildman–Crippen MR) is 77.1 cm³/mol. The zero-order chi connectivity index (χ0) is 12.5. The summed E-state index contributed by atoms with van der Waals surface area (Å²) in [6.45, 7) is 6.93. The van der Waals surface area contributed by atoms with Crippen LogP contribution in [0.1, 0.15) is 31.7 Å². The number of nitrogens with zero attached hydrogens (tertiary/aromatic N) is 1. The van der Waals surface area contributed by atoms with Gasteiger partial charge in [0, 0.05) is 30.9 Å². The van der Waals surface area contributed by atoms with Crippen molar-refractivity contribution in [1.82, 2.24) is 5.32 Å². The molecule has 1 N–H and O–H groups in total. The van der Waals surface area contributed by atoms with Crippen molar-refractivity contribution in [3.05, 3.63) is 29.8 Å². The molecule has 1 saturated carbocycles. The minimum atomic E-state index is 0.682. The molecule has 1 heterocycles. The molecule has 2 atom stereocenters.